The molecule has 0 amide bonds. The molecule has 0 aromatic heterocycles. The third-order valence-corrected chi connectivity index (χ3v) is 3.74. The van der Waals surface area contributed by atoms with Crippen LogP contribution in [0.3, 0.4) is 0 Å². The molecule has 0 bridgehead atoms. The highest BCUT2D eigenvalue weighted by Crippen LogP contribution is 2.27. The van der Waals surface area contributed by atoms with E-state index >= 15 is 0 Å². The van der Waals surface area contributed by atoms with E-state index in [1.54, 1.807) is 0 Å². The SMILES string of the molecule is Cc1cccc(CC(O)c2cc(C)ccc2Br)c1. The van der Waals surface area contributed by atoms with Crippen LogP contribution in [0, 0.1) is 13.8 Å². The van der Waals surface area contributed by atoms with Gasteiger partial charge in [0.15, 0.2) is 0 Å². The minimum absolute atomic E-state index is 0.471. The minimum Gasteiger partial charge on any atom is -0.388 e. The molecule has 0 spiro atoms. The van der Waals surface area contributed by atoms with E-state index in [1.807, 2.05) is 31.2 Å². The maximum Gasteiger partial charge on any atom is 0.0841 e. The summed E-state index contributed by atoms with van der Waals surface area (Å²) in [6.45, 7) is 4.10. The van der Waals surface area contributed by atoms with Crippen molar-refractivity contribution >= 4 is 15.9 Å². The normalized spacial score (nSPS) is 12.4. The molecule has 2 aromatic carbocycles. The minimum atomic E-state index is -0.471. The van der Waals surface area contributed by atoms with Gasteiger partial charge < -0.3 is 5.11 Å². The lowest BCUT2D eigenvalue weighted by molar-refractivity contribution is 0.177. The molecule has 2 aromatic rings. The molecule has 94 valence electrons. The Morgan fingerprint density at radius 3 is 2.50 bits per heavy atom. The van der Waals surface area contributed by atoms with Crippen LogP contribution in [0.2, 0.25) is 0 Å². The van der Waals surface area contributed by atoms with Crippen LogP contribution in [0.15, 0.2) is 46.9 Å². The first-order valence-corrected chi connectivity index (χ1v) is 6.85. The summed E-state index contributed by atoms with van der Waals surface area (Å²) < 4.78 is 0.966. The van der Waals surface area contributed by atoms with Crippen LogP contribution in [-0.2, 0) is 6.42 Å². The van der Waals surface area contributed by atoms with Crippen LogP contribution in [-0.4, -0.2) is 5.11 Å². The predicted octanol–water partition coefficient (Wildman–Crippen LogP) is 4.34. The zero-order chi connectivity index (χ0) is 13.1. The molecule has 1 atom stereocenters. The molecule has 0 saturated carbocycles. The first-order chi connectivity index (χ1) is 8.56. The van der Waals surface area contributed by atoms with E-state index in [-0.39, 0.29) is 0 Å². The van der Waals surface area contributed by atoms with Crippen molar-refractivity contribution in [2.24, 2.45) is 0 Å². The Kier molecular flexibility index (Phi) is 4.20. The number of hydrogen-bond acceptors (Lipinski definition) is 1. The van der Waals surface area contributed by atoms with Gasteiger partial charge in [-0.05, 0) is 31.0 Å². The van der Waals surface area contributed by atoms with Crippen molar-refractivity contribution < 1.29 is 5.11 Å². The molecule has 0 aliphatic rings. The molecule has 0 radical (unpaired) electrons. The Labute approximate surface area is 117 Å². The van der Waals surface area contributed by atoms with Gasteiger partial charge in [-0.25, -0.2) is 0 Å². The summed E-state index contributed by atoms with van der Waals surface area (Å²) in [6, 6.07) is 14.3. The van der Waals surface area contributed by atoms with Crippen LogP contribution < -0.4 is 0 Å². The van der Waals surface area contributed by atoms with E-state index < -0.39 is 6.10 Å². The van der Waals surface area contributed by atoms with Crippen LogP contribution in [0.4, 0.5) is 0 Å². The molecule has 18 heavy (non-hydrogen) atoms. The van der Waals surface area contributed by atoms with Crippen LogP contribution in [0.1, 0.15) is 28.4 Å². The topological polar surface area (TPSA) is 20.2 Å². The molecule has 1 N–H and O–H groups in total. The number of halogens is 1. The zero-order valence-corrected chi connectivity index (χ0v) is 12.2. The fraction of sp³-hybridized carbons (Fsp3) is 0.250. The average molecular weight is 305 g/mol. The van der Waals surface area contributed by atoms with Crippen LogP contribution in [0.5, 0.6) is 0 Å². The van der Waals surface area contributed by atoms with Crippen molar-refractivity contribution in [3.05, 3.63) is 69.2 Å². The molecule has 0 fully saturated rings. The summed E-state index contributed by atoms with van der Waals surface area (Å²) in [5.74, 6) is 0. The zero-order valence-electron chi connectivity index (χ0n) is 10.7. The van der Waals surface area contributed by atoms with E-state index in [1.165, 1.54) is 5.56 Å². The largest absolute Gasteiger partial charge is 0.388 e. The van der Waals surface area contributed by atoms with Gasteiger partial charge in [0, 0.05) is 10.9 Å². The van der Waals surface area contributed by atoms with Gasteiger partial charge >= 0.3 is 0 Å². The summed E-state index contributed by atoms with van der Waals surface area (Å²) in [5.41, 5.74) is 4.51. The molecule has 0 heterocycles. The fourth-order valence-electron chi connectivity index (χ4n) is 2.09. The highest BCUT2D eigenvalue weighted by Gasteiger charge is 2.12. The van der Waals surface area contributed by atoms with Gasteiger partial charge in [0.05, 0.1) is 6.10 Å². The van der Waals surface area contributed by atoms with Gasteiger partial charge in [0.2, 0.25) is 0 Å². The molecular weight excluding hydrogens is 288 g/mol. The Bertz CT molecular complexity index is 549. The van der Waals surface area contributed by atoms with Crippen molar-refractivity contribution in [2.75, 3.05) is 0 Å². The van der Waals surface area contributed by atoms with E-state index in [9.17, 15) is 5.11 Å². The molecule has 1 unspecified atom stereocenters. The maximum atomic E-state index is 10.3. The summed E-state index contributed by atoms with van der Waals surface area (Å²) in [7, 11) is 0. The molecule has 0 aliphatic carbocycles. The van der Waals surface area contributed by atoms with Gasteiger partial charge in [-0.3, -0.25) is 0 Å². The monoisotopic (exact) mass is 304 g/mol. The number of benzene rings is 2. The lowest BCUT2D eigenvalue weighted by Gasteiger charge is -2.14. The average Bonchev–Trinajstić information content (AvgIpc) is 2.32. The van der Waals surface area contributed by atoms with Gasteiger partial charge in [0.1, 0.15) is 0 Å². The Balaban J connectivity index is 2.21. The third kappa shape index (κ3) is 3.21. The molecule has 1 nitrogen and oxygen atoms in total. The lowest BCUT2D eigenvalue weighted by Crippen LogP contribution is -2.03. The van der Waals surface area contributed by atoms with Crippen molar-refractivity contribution in [1.82, 2.24) is 0 Å². The van der Waals surface area contributed by atoms with Gasteiger partial charge in [0.25, 0.3) is 0 Å². The van der Waals surface area contributed by atoms with Crippen molar-refractivity contribution in [2.45, 2.75) is 26.4 Å². The van der Waals surface area contributed by atoms with Gasteiger partial charge in [-0.1, -0.05) is 63.5 Å². The molecule has 2 rings (SSSR count). The van der Waals surface area contributed by atoms with E-state index in [4.69, 9.17) is 0 Å². The van der Waals surface area contributed by atoms with Crippen molar-refractivity contribution in [3.63, 3.8) is 0 Å². The van der Waals surface area contributed by atoms with E-state index in [0.717, 1.165) is 21.2 Å². The van der Waals surface area contributed by atoms with Crippen LogP contribution >= 0.6 is 15.9 Å². The lowest BCUT2D eigenvalue weighted by atomic mass is 9.99. The third-order valence-electron chi connectivity index (χ3n) is 3.02. The predicted molar refractivity (Wildman–Crippen MR) is 78.7 cm³/mol. The summed E-state index contributed by atoms with van der Waals surface area (Å²) in [5, 5.41) is 10.3. The summed E-state index contributed by atoms with van der Waals surface area (Å²) in [6.07, 6.45) is 0.171. The maximum absolute atomic E-state index is 10.3. The standard InChI is InChI=1S/C16H17BrO/c1-11-4-3-5-13(8-11)10-16(18)14-9-12(2)6-7-15(14)17/h3-9,16,18H,10H2,1-2H3. The second kappa shape index (κ2) is 5.68. The number of aryl methyl sites for hydroxylation is 2. The second-order valence-electron chi connectivity index (χ2n) is 4.73. The first kappa shape index (κ1) is 13.3. The van der Waals surface area contributed by atoms with Crippen LogP contribution in [0.25, 0.3) is 0 Å². The molecule has 0 saturated heterocycles. The fourth-order valence-corrected chi connectivity index (χ4v) is 2.60. The summed E-state index contributed by atoms with van der Waals surface area (Å²) in [4.78, 5) is 0. The summed E-state index contributed by atoms with van der Waals surface area (Å²) >= 11 is 3.50. The smallest absolute Gasteiger partial charge is 0.0841 e. The number of aliphatic hydroxyl groups is 1. The number of hydrogen-bond donors (Lipinski definition) is 1. The molecule has 2 heteroatoms. The highest BCUT2D eigenvalue weighted by molar-refractivity contribution is 9.10. The molecule has 0 aliphatic heterocycles. The molecular formula is C16H17BrO. The Morgan fingerprint density at radius 2 is 1.78 bits per heavy atom. The Hall–Kier alpha value is -1.12. The highest BCUT2D eigenvalue weighted by atomic mass is 79.9. The van der Waals surface area contributed by atoms with E-state index in [2.05, 4.69) is 41.1 Å². The second-order valence-corrected chi connectivity index (χ2v) is 5.59. The number of aliphatic hydroxyl groups excluding tert-OH is 1. The van der Waals surface area contributed by atoms with E-state index in [0.29, 0.717) is 6.42 Å². The van der Waals surface area contributed by atoms with Gasteiger partial charge in [-0.2, -0.15) is 0 Å². The first-order valence-electron chi connectivity index (χ1n) is 6.06. The Morgan fingerprint density at radius 1 is 1.06 bits per heavy atom. The van der Waals surface area contributed by atoms with Gasteiger partial charge in [-0.15, -0.1) is 0 Å². The van der Waals surface area contributed by atoms with Crippen molar-refractivity contribution in [3.8, 4) is 0 Å². The number of rotatable bonds is 3. The quantitative estimate of drug-likeness (QED) is 0.894. The van der Waals surface area contributed by atoms with Crippen molar-refractivity contribution in [1.29, 1.82) is 0 Å².